The number of aliphatic hydroxyl groups excluding tert-OH is 1. The van der Waals surface area contributed by atoms with Gasteiger partial charge in [0.15, 0.2) is 0 Å². The molecule has 3 N–H and O–H groups in total. The van der Waals surface area contributed by atoms with E-state index < -0.39 is 32.0 Å². The zero-order valence-electron chi connectivity index (χ0n) is 19.7. The molecule has 0 spiro atoms. The van der Waals surface area contributed by atoms with Crippen molar-refractivity contribution in [3.8, 4) is 34.0 Å². The van der Waals surface area contributed by atoms with E-state index >= 15 is 0 Å². The molecule has 0 saturated carbocycles. The van der Waals surface area contributed by atoms with E-state index in [1.165, 1.54) is 12.1 Å². The molecule has 8 heteroatoms. The van der Waals surface area contributed by atoms with Gasteiger partial charge in [0, 0.05) is 11.1 Å². The van der Waals surface area contributed by atoms with Gasteiger partial charge in [-0.05, 0) is 47.8 Å². The highest BCUT2D eigenvalue weighted by Gasteiger charge is 2.24. The Morgan fingerprint density at radius 2 is 1.80 bits per heavy atom. The van der Waals surface area contributed by atoms with Gasteiger partial charge in [0.1, 0.15) is 5.82 Å². The van der Waals surface area contributed by atoms with Crippen LogP contribution in [0.3, 0.4) is 0 Å². The zero-order chi connectivity index (χ0) is 25.8. The molecule has 182 valence electrons. The number of hydrogen-bond acceptors (Lipinski definition) is 4. The number of carbonyl (C=O) groups is 1. The second-order valence-electron chi connectivity index (χ2n) is 8.67. The lowest BCUT2D eigenvalue weighted by molar-refractivity contribution is -0.138. The molecular formula is C27H27FNO5P. The summed E-state index contributed by atoms with van der Waals surface area (Å²) in [5, 5.41) is 18.6. The van der Waals surface area contributed by atoms with Crippen molar-refractivity contribution in [1.29, 1.82) is 0 Å². The first-order chi connectivity index (χ1) is 16.5. The number of carboxylic acid groups (broad SMARTS) is 1. The summed E-state index contributed by atoms with van der Waals surface area (Å²) in [6.07, 6.45) is -2.82. The molecular weight excluding hydrogens is 468 g/mol. The van der Waals surface area contributed by atoms with Gasteiger partial charge in [-0.2, -0.15) is 0 Å². The van der Waals surface area contributed by atoms with Crippen molar-refractivity contribution >= 4 is 13.3 Å². The number of aliphatic hydroxyl groups is 1. The van der Waals surface area contributed by atoms with Gasteiger partial charge in [0.25, 0.3) is 7.37 Å². The lowest BCUT2D eigenvalue weighted by Crippen LogP contribution is -2.17. The molecule has 2 atom stereocenters. The number of carboxylic acids is 1. The molecule has 0 saturated heterocycles. The van der Waals surface area contributed by atoms with Crippen LogP contribution in [-0.4, -0.2) is 38.3 Å². The summed E-state index contributed by atoms with van der Waals surface area (Å²) in [5.74, 6) is 1.05. The van der Waals surface area contributed by atoms with Crippen LogP contribution < -0.4 is 0 Å². The molecule has 0 bridgehead atoms. The Kier molecular flexibility index (Phi) is 8.24. The van der Waals surface area contributed by atoms with E-state index in [0.29, 0.717) is 33.6 Å². The Hall–Kier alpha value is -3.30. The molecule has 0 aliphatic rings. The first-order valence-corrected chi connectivity index (χ1v) is 12.9. The maximum atomic E-state index is 13.9. The van der Waals surface area contributed by atoms with E-state index in [1.54, 1.807) is 13.0 Å². The molecule has 3 aromatic rings. The van der Waals surface area contributed by atoms with Crippen molar-refractivity contribution in [3.05, 3.63) is 77.2 Å². The number of halogens is 1. The maximum absolute atomic E-state index is 13.9. The normalized spacial score (nSPS) is 13.6. The fourth-order valence-corrected chi connectivity index (χ4v) is 4.83. The first kappa shape index (κ1) is 26.3. The summed E-state index contributed by atoms with van der Waals surface area (Å²) < 4.78 is 26.5. The largest absolute Gasteiger partial charge is 0.481 e. The fraction of sp³-hybridized carbons (Fsp3) is 0.259. The number of pyridine rings is 1. The van der Waals surface area contributed by atoms with Crippen LogP contribution in [-0.2, 0) is 9.36 Å². The van der Waals surface area contributed by atoms with Crippen LogP contribution in [0.2, 0.25) is 0 Å². The minimum Gasteiger partial charge on any atom is -0.481 e. The third-order valence-corrected chi connectivity index (χ3v) is 6.74. The van der Waals surface area contributed by atoms with E-state index in [0.717, 1.165) is 5.56 Å². The topological polar surface area (TPSA) is 108 Å². The second kappa shape index (κ2) is 11.0. The molecule has 0 aliphatic heterocycles. The summed E-state index contributed by atoms with van der Waals surface area (Å²) in [7, 11) is -4.18. The molecule has 0 amide bonds. The molecule has 2 aromatic carbocycles. The summed E-state index contributed by atoms with van der Waals surface area (Å²) >= 11 is 0. The summed E-state index contributed by atoms with van der Waals surface area (Å²) in [5.41, 5.74) is 6.96. The van der Waals surface area contributed by atoms with E-state index in [2.05, 4.69) is 11.6 Å². The summed E-state index contributed by atoms with van der Waals surface area (Å²) in [4.78, 5) is 25.9. The number of nitrogens with zero attached hydrogens (tertiary/aromatic N) is 1. The molecule has 0 fully saturated rings. The van der Waals surface area contributed by atoms with Crippen molar-refractivity contribution in [2.45, 2.75) is 39.2 Å². The van der Waals surface area contributed by atoms with Gasteiger partial charge in [0.2, 0.25) is 0 Å². The predicted molar refractivity (Wildman–Crippen MR) is 134 cm³/mol. The Morgan fingerprint density at radius 1 is 1.11 bits per heavy atom. The lowest BCUT2D eigenvalue weighted by atomic mass is 9.91. The van der Waals surface area contributed by atoms with Crippen LogP contribution in [0.15, 0.2) is 54.6 Å². The summed E-state index contributed by atoms with van der Waals surface area (Å²) in [6, 6.07) is 15.7. The van der Waals surface area contributed by atoms with Crippen LogP contribution in [0.4, 0.5) is 4.39 Å². The van der Waals surface area contributed by atoms with Gasteiger partial charge in [-0.15, -0.1) is 0 Å². The highest BCUT2D eigenvalue weighted by atomic mass is 31.2. The van der Waals surface area contributed by atoms with Crippen LogP contribution in [0.5, 0.6) is 0 Å². The maximum Gasteiger partial charge on any atom is 0.305 e. The van der Waals surface area contributed by atoms with Crippen molar-refractivity contribution in [1.82, 2.24) is 4.98 Å². The molecule has 0 aliphatic carbocycles. The molecule has 1 unspecified atom stereocenters. The van der Waals surface area contributed by atoms with Crippen LogP contribution in [0.1, 0.15) is 43.0 Å². The van der Waals surface area contributed by atoms with Crippen molar-refractivity contribution in [2.75, 3.05) is 6.16 Å². The minimum atomic E-state index is -4.18. The quantitative estimate of drug-likeness (QED) is 0.299. The third-order valence-electron chi connectivity index (χ3n) is 5.37. The van der Waals surface area contributed by atoms with Gasteiger partial charge in [-0.1, -0.05) is 56.2 Å². The zero-order valence-corrected chi connectivity index (χ0v) is 20.6. The van der Waals surface area contributed by atoms with E-state index in [-0.39, 0.29) is 11.7 Å². The second-order valence-corrected chi connectivity index (χ2v) is 10.7. The average molecular weight is 495 g/mol. The Labute approximate surface area is 203 Å². The molecule has 0 radical (unpaired) electrons. The average Bonchev–Trinajstić information content (AvgIpc) is 2.77. The predicted octanol–water partition coefficient (Wildman–Crippen LogP) is 5.40. The highest BCUT2D eigenvalue weighted by Crippen LogP contribution is 2.41. The van der Waals surface area contributed by atoms with Gasteiger partial charge in [0.05, 0.1) is 35.6 Å². The molecule has 1 heterocycles. The van der Waals surface area contributed by atoms with Crippen LogP contribution in [0, 0.1) is 24.3 Å². The van der Waals surface area contributed by atoms with Gasteiger partial charge in [-0.3, -0.25) is 14.3 Å². The number of aromatic nitrogens is 1. The Bertz CT molecular complexity index is 1340. The molecule has 3 rings (SSSR count). The van der Waals surface area contributed by atoms with Crippen molar-refractivity contribution < 1.29 is 28.9 Å². The van der Waals surface area contributed by atoms with E-state index in [4.69, 9.17) is 10.1 Å². The van der Waals surface area contributed by atoms with Crippen molar-refractivity contribution in [2.24, 2.45) is 0 Å². The number of hydrogen-bond donors (Lipinski definition) is 3. The van der Waals surface area contributed by atoms with Gasteiger partial charge < -0.3 is 15.1 Å². The number of aryl methyl sites for hydroxylation is 1. The molecule has 6 nitrogen and oxygen atoms in total. The fourth-order valence-electron chi connectivity index (χ4n) is 3.75. The van der Waals surface area contributed by atoms with Crippen LogP contribution in [0.25, 0.3) is 22.4 Å². The number of benzene rings is 2. The summed E-state index contributed by atoms with van der Waals surface area (Å²) in [6.45, 7) is 5.63. The van der Waals surface area contributed by atoms with Gasteiger partial charge >= 0.3 is 5.97 Å². The smallest absolute Gasteiger partial charge is 0.305 e. The first-order valence-electron chi connectivity index (χ1n) is 11.1. The number of rotatable bonds is 7. The van der Waals surface area contributed by atoms with Gasteiger partial charge in [-0.25, -0.2) is 4.39 Å². The molecule has 1 aromatic heterocycles. The third kappa shape index (κ3) is 6.86. The Morgan fingerprint density at radius 3 is 2.40 bits per heavy atom. The van der Waals surface area contributed by atoms with E-state index in [9.17, 15) is 23.7 Å². The van der Waals surface area contributed by atoms with Crippen molar-refractivity contribution in [3.63, 3.8) is 0 Å². The number of aliphatic carboxylic acids is 1. The minimum absolute atomic E-state index is 0.0989. The highest BCUT2D eigenvalue weighted by molar-refractivity contribution is 7.63. The van der Waals surface area contributed by atoms with Crippen LogP contribution >= 0.6 is 7.37 Å². The lowest BCUT2D eigenvalue weighted by Gasteiger charge is -2.17. The SMILES string of the molecule is Cc1cc(F)ccc1-c1cc(-c2ccccc2)nc(C(C)C)c1C#CP(=O)(O)C[C@H](O)CC(=O)O. The van der Waals surface area contributed by atoms with E-state index in [1.807, 2.05) is 50.2 Å². The monoisotopic (exact) mass is 495 g/mol. The molecule has 35 heavy (non-hydrogen) atoms. The Balaban J connectivity index is 2.22. The standard InChI is InChI=1S/C27H27FNO5P/c1-17(2)27-23(11-12-35(33,34)16-21(30)14-26(31)32)24(22-10-9-20(28)13-18(22)3)15-25(29-27)19-7-5-4-6-8-19/h4-10,13,15,17,21,30H,14,16H2,1-3H3,(H,31,32)(H,33,34)/t21-/m1/s1.